The number of para-hydroxylation sites is 1. The third-order valence-electron chi connectivity index (χ3n) is 6.76. The van der Waals surface area contributed by atoms with Gasteiger partial charge in [-0.3, -0.25) is 0 Å². The molecule has 184 valence electrons. The second kappa shape index (κ2) is 9.64. The van der Waals surface area contributed by atoms with Gasteiger partial charge in [-0.1, -0.05) is 73.1 Å². The minimum atomic E-state index is -0.309. The van der Waals surface area contributed by atoms with E-state index in [0.717, 1.165) is 40.4 Å². The number of nitrogens with one attached hydrogen (secondary N) is 1. The maximum absolute atomic E-state index is 14.0. The van der Waals surface area contributed by atoms with Crippen LogP contribution in [0.4, 0.5) is 10.5 Å². The number of carbonyl (C=O) groups excluding carboxylic acids is 1. The van der Waals surface area contributed by atoms with Gasteiger partial charge in [-0.05, 0) is 54.4 Å². The first-order valence-corrected chi connectivity index (χ1v) is 12.7. The Kier molecular flexibility index (Phi) is 6.02. The molecule has 3 heterocycles. The normalized spacial score (nSPS) is 14.5. The molecule has 0 bridgehead atoms. The summed E-state index contributed by atoms with van der Waals surface area (Å²) in [5, 5.41) is 8.65. The standard InChI is InChI=1S/C30H26ClN5O/c1-2-26-25-20-35(30(37)32-23-14-9-13-22(31)19-23)28(21-11-5-3-6-12-21)27-17-10-18-34(27)29(25)36(33-26)24-15-7-4-8-16-24/h3-19,28H,2,20H2,1H3,(H,32,37). The van der Waals surface area contributed by atoms with Gasteiger partial charge in [-0.2, -0.15) is 5.10 Å². The lowest BCUT2D eigenvalue weighted by Crippen LogP contribution is -2.38. The van der Waals surface area contributed by atoms with Crippen LogP contribution in [-0.4, -0.2) is 25.3 Å². The van der Waals surface area contributed by atoms with Crippen molar-refractivity contribution >= 4 is 23.3 Å². The SMILES string of the molecule is CCc1nn(-c2ccccc2)c2c1CN(C(=O)Nc1cccc(Cl)c1)C(c1ccccc1)c1cccn1-2. The smallest absolute Gasteiger partial charge is 0.308 e. The molecule has 1 unspecified atom stereocenters. The van der Waals surface area contributed by atoms with Gasteiger partial charge >= 0.3 is 6.03 Å². The van der Waals surface area contributed by atoms with Crippen LogP contribution in [0.1, 0.15) is 35.5 Å². The highest BCUT2D eigenvalue weighted by Crippen LogP contribution is 2.39. The van der Waals surface area contributed by atoms with Gasteiger partial charge in [0.25, 0.3) is 0 Å². The molecule has 2 amide bonds. The maximum atomic E-state index is 14.0. The van der Waals surface area contributed by atoms with Crippen molar-refractivity contribution in [2.75, 3.05) is 5.32 Å². The molecule has 0 fully saturated rings. The van der Waals surface area contributed by atoms with Gasteiger partial charge in [0, 0.05) is 22.5 Å². The number of urea groups is 1. The van der Waals surface area contributed by atoms with E-state index in [-0.39, 0.29) is 12.1 Å². The molecular formula is C30H26ClN5O. The van der Waals surface area contributed by atoms with Crippen LogP contribution in [0.15, 0.2) is 103 Å². The van der Waals surface area contributed by atoms with E-state index in [0.29, 0.717) is 17.3 Å². The van der Waals surface area contributed by atoms with E-state index < -0.39 is 0 Å². The predicted octanol–water partition coefficient (Wildman–Crippen LogP) is 7.02. The summed E-state index contributed by atoms with van der Waals surface area (Å²) in [6, 6.07) is 31.1. The average Bonchev–Trinajstić information content (AvgIpc) is 3.51. The van der Waals surface area contributed by atoms with Gasteiger partial charge in [-0.15, -0.1) is 0 Å². The van der Waals surface area contributed by atoms with Gasteiger partial charge in [0.1, 0.15) is 5.82 Å². The number of carbonyl (C=O) groups is 1. The van der Waals surface area contributed by atoms with Crippen molar-refractivity contribution in [2.24, 2.45) is 0 Å². The van der Waals surface area contributed by atoms with Crippen molar-refractivity contribution < 1.29 is 4.79 Å². The van der Waals surface area contributed by atoms with Crippen molar-refractivity contribution in [1.29, 1.82) is 0 Å². The molecular weight excluding hydrogens is 482 g/mol. The lowest BCUT2D eigenvalue weighted by molar-refractivity contribution is 0.194. The molecule has 0 saturated heterocycles. The molecule has 5 aromatic rings. The van der Waals surface area contributed by atoms with Crippen LogP contribution < -0.4 is 5.32 Å². The summed E-state index contributed by atoms with van der Waals surface area (Å²) in [5.41, 5.74) is 5.65. The zero-order valence-corrected chi connectivity index (χ0v) is 21.1. The first kappa shape index (κ1) is 23.1. The van der Waals surface area contributed by atoms with E-state index in [1.54, 1.807) is 12.1 Å². The molecule has 2 aromatic heterocycles. The molecule has 37 heavy (non-hydrogen) atoms. The van der Waals surface area contributed by atoms with E-state index in [1.165, 1.54) is 0 Å². The molecule has 0 spiro atoms. The molecule has 0 aliphatic carbocycles. The van der Waals surface area contributed by atoms with Crippen LogP contribution in [0.3, 0.4) is 0 Å². The first-order chi connectivity index (χ1) is 18.1. The fourth-order valence-corrected chi connectivity index (χ4v) is 5.29. The molecule has 0 saturated carbocycles. The third-order valence-corrected chi connectivity index (χ3v) is 6.99. The van der Waals surface area contributed by atoms with Gasteiger partial charge in [0.15, 0.2) is 0 Å². The van der Waals surface area contributed by atoms with E-state index in [4.69, 9.17) is 16.7 Å². The fraction of sp³-hybridized carbons (Fsp3) is 0.133. The minimum Gasteiger partial charge on any atom is -0.308 e. The summed E-state index contributed by atoms with van der Waals surface area (Å²) in [7, 11) is 0. The van der Waals surface area contributed by atoms with Crippen LogP contribution in [0.25, 0.3) is 11.5 Å². The highest BCUT2D eigenvalue weighted by molar-refractivity contribution is 6.30. The molecule has 1 aliphatic heterocycles. The molecule has 3 aromatic carbocycles. The van der Waals surface area contributed by atoms with Crippen LogP contribution in [-0.2, 0) is 13.0 Å². The van der Waals surface area contributed by atoms with Crippen molar-refractivity contribution in [1.82, 2.24) is 19.2 Å². The Hall–Kier alpha value is -4.29. The van der Waals surface area contributed by atoms with Crippen molar-refractivity contribution in [3.05, 3.63) is 131 Å². The Labute approximate surface area is 220 Å². The Bertz CT molecular complexity index is 1560. The Morgan fingerprint density at radius 2 is 1.73 bits per heavy atom. The molecule has 0 radical (unpaired) electrons. The van der Waals surface area contributed by atoms with Crippen molar-refractivity contribution in [3.8, 4) is 11.5 Å². The Balaban J connectivity index is 1.55. The summed E-state index contributed by atoms with van der Waals surface area (Å²) in [6.45, 7) is 2.50. The van der Waals surface area contributed by atoms with Gasteiger partial charge in [0.05, 0.1) is 29.7 Å². The number of aromatic nitrogens is 3. The van der Waals surface area contributed by atoms with Crippen molar-refractivity contribution in [2.45, 2.75) is 25.9 Å². The van der Waals surface area contributed by atoms with E-state index in [2.05, 4.69) is 53.3 Å². The van der Waals surface area contributed by atoms with Crippen LogP contribution in [0, 0.1) is 0 Å². The number of aryl methyl sites for hydroxylation is 1. The molecule has 1 atom stereocenters. The Morgan fingerprint density at radius 3 is 2.46 bits per heavy atom. The molecule has 6 rings (SSSR count). The van der Waals surface area contributed by atoms with Gasteiger partial charge in [0.2, 0.25) is 0 Å². The lowest BCUT2D eigenvalue weighted by Gasteiger charge is -2.31. The highest BCUT2D eigenvalue weighted by atomic mass is 35.5. The van der Waals surface area contributed by atoms with Gasteiger partial charge < -0.3 is 14.8 Å². The molecule has 6 nitrogen and oxygen atoms in total. The number of hydrogen-bond acceptors (Lipinski definition) is 2. The molecule has 1 aliphatic rings. The zero-order valence-electron chi connectivity index (χ0n) is 20.4. The summed E-state index contributed by atoms with van der Waals surface area (Å²) in [4.78, 5) is 15.9. The number of fused-ring (bicyclic) bond motifs is 3. The highest BCUT2D eigenvalue weighted by Gasteiger charge is 2.36. The number of halogens is 1. The van der Waals surface area contributed by atoms with Crippen LogP contribution in [0.5, 0.6) is 0 Å². The average molecular weight is 508 g/mol. The van der Waals surface area contributed by atoms with E-state index in [1.807, 2.05) is 64.2 Å². The van der Waals surface area contributed by atoms with E-state index >= 15 is 0 Å². The first-order valence-electron chi connectivity index (χ1n) is 12.4. The quantitative estimate of drug-likeness (QED) is 0.284. The second-order valence-corrected chi connectivity index (χ2v) is 9.47. The summed E-state index contributed by atoms with van der Waals surface area (Å²) >= 11 is 6.21. The second-order valence-electron chi connectivity index (χ2n) is 9.03. The lowest BCUT2D eigenvalue weighted by atomic mass is 10.0. The maximum Gasteiger partial charge on any atom is 0.322 e. The number of benzene rings is 3. The number of amides is 2. The largest absolute Gasteiger partial charge is 0.322 e. The van der Waals surface area contributed by atoms with Crippen molar-refractivity contribution in [3.63, 3.8) is 0 Å². The van der Waals surface area contributed by atoms with Gasteiger partial charge in [-0.25, -0.2) is 9.48 Å². The fourth-order valence-electron chi connectivity index (χ4n) is 5.10. The van der Waals surface area contributed by atoms with Crippen LogP contribution in [0.2, 0.25) is 5.02 Å². The number of rotatable bonds is 4. The van der Waals surface area contributed by atoms with E-state index in [9.17, 15) is 4.79 Å². The van der Waals surface area contributed by atoms with Crippen LogP contribution >= 0.6 is 11.6 Å². The monoisotopic (exact) mass is 507 g/mol. The number of nitrogens with zero attached hydrogens (tertiary/aromatic N) is 4. The number of anilines is 1. The molecule has 1 N–H and O–H groups in total. The number of hydrogen-bond donors (Lipinski definition) is 1. The zero-order chi connectivity index (χ0) is 25.4. The summed E-state index contributed by atoms with van der Waals surface area (Å²) < 4.78 is 4.18. The Morgan fingerprint density at radius 1 is 0.973 bits per heavy atom. The molecule has 7 heteroatoms. The predicted molar refractivity (Wildman–Crippen MR) is 147 cm³/mol. The summed E-state index contributed by atoms with van der Waals surface area (Å²) in [5.74, 6) is 0.960. The topological polar surface area (TPSA) is 55.1 Å². The summed E-state index contributed by atoms with van der Waals surface area (Å²) in [6.07, 6.45) is 2.81. The third kappa shape index (κ3) is 4.19. The minimum absolute atomic E-state index is 0.203.